The lowest BCUT2D eigenvalue weighted by atomic mass is 10.0. The normalized spacial score (nSPS) is 10.2. The largest absolute Gasteiger partial charge is 0.389 e. The van der Waals surface area contributed by atoms with E-state index >= 15 is 0 Å². The van der Waals surface area contributed by atoms with Gasteiger partial charge in [-0.2, -0.15) is 5.26 Å². The summed E-state index contributed by atoms with van der Waals surface area (Å²) >= 11 is 1.60. The molecule has 3 heteroatoms. The van der Waals surface area contributed by atoms with Crippen LogP contribution in [0.5, 0.6) is 0 Å². The van der Waals surface area contributed by atoms with Gasteiger partial charge in [0.05, 0.1) is 5.56 Å². The van der Waals surface area contributed by atoms with E-state index in [1.807, 2.05) is 0 Å². The lowest BCUT2D eigenvalue weighted by molar-refractivity contribution is 0.791. The van der Waals surface area contributed by atoms with Crippen LogP contribution < -0.4 is 5.73 Å². The minimum Gasteiger partial charge on any atom is -0.389 e. The van der Waals surface area contributed by atoms with Crippen LogP contribution in [0.15, 0.2) is 0 Å². The van der Waals surface area contributed by atoms with Crippen LogP contribution in [0.3, 0.4) is 0 Å². The Hall–Kier alpha value is -1.01. The van der Waals surface area contributed by atoms with Crippen molar-refractivity contribution in [2.24, 2.45) is 0 Å². The van der Waals surface area contributed by atoms with Gasteiger partial charge >= 0.3 is 0 Å². The minimum absolute atomic E-state index is 0.701. The zero-order valence-electron chi connectivity index (χ0n) is 9.47. The van der Waals surface area contributed by atoms with Crippen LogP contribution in [-0.4, -0.2) is 0 Å². The lowest BCUT2D eigenvalue weighted by Gasteiger charge is -2.01. The molecule has 82 valence electrons. The average Bonchev–Trinajstić information content (AvgIpc) is 2.52. The summed E-state index contributed by atoms with van der Waals surface area (Å²) < 4.78 is 0. The van der Waals surface area contributed by atoms with E-state index in [4.69, 9.17) is 11.0 Å². The summed E-state index contributed by atoms with van der Waals surface area (Å²) in [5, 5.41) is 9.74. The molecule has 0 saturated heterocycles. The summed E-state index contributed by atoms with van der Waals surface area (Å²) in [7, 11) is 0. The number of nitrogen functional groups attached to an aromatic ring is 1. The molecule has 0 aliphatic heterocycles. The number of nitrogens with two attached hydrogens (primary N) is 1. The van der Waals surface area contributed by atoms with Gasteiger partial charge in [0.15, 0.2) is 0 Å². The van der Waals surface area contributed by atoms with Crippen LogP contribution in [-0.2, 0) is 12.8 Å². The Balaban J connectivity index is 2.99. The van der Waals surface area contributed by atoms with Crippen molar-refractivity contribution in [2.75, 3.05) is 5.73 Å². The summed E-state index contributed by atoms with van der Waals surface area (Å²) in [6.07, 6.45) is 5.49. The summed E-state index contributed by atoms with van der Waals surface area (Å²) in [4.78, 5) is 1.33. The standard InChI is InChI=1S/C12H18N2S/c1-3-5-7-11-9(6-4-2)10(8-13)12(14)15-11/h3-7,14H2,1-2H3. The van der Waals surface area contributed by atoms with Gasteiger partial charge in [0.25, 0.3) is 0 Å². The first-order valence-electron chi connectivity index (χ1n) is 5.54. The first-order valence-corrected chi connectivity index (χ1v) is 6.36. The number of rotatable bonds is 5. The number of anilines is 1. The highest BCUT2D eigenvalue weighted by Gasteiger charge is 2.14. The van der Waals surface area contributed by atoms with E-state index < -0.39 is 0 Å². The van der Waals surface area contributed by atoms with E-state index in [1.165, 1.54) is 23.3 Å². The smallest absolute Gasteiger partial charge is 0.104 e. The Bertz CT molecular complexity index is 360. The number of aryl methyl sites for hydroxylation is 1. The summed E-state index contributed by atoms with van der Waals surface area (Å²) in [6.45, 7) is 4.32. The molecule has 0 fully saturated rings. The molecular formula is C12H18N2S. The Morgan fingerprint density at radius 3 is 2.53 bits per heavy atom. The summed E-state index contributed by atoms with van der Waals surface area (Å²) in [5.41, 5.74) is 7.78. The highest BCUT2D eigenvalue weighted by molar-refractivity contribution is 7.16. The molecule has 0 saturated carbocycles. The summed E-state index contributed by atoms with van der Waals surface area (Å²) in [5.74, 6) is 0. The minimum atomic E-state index is 0.701. The Labute approximate surface area is 95.7 Å². The zero-order valence-corrected chi connectivity index (χ0v) is 10.3. The topological polar surface area (TPSA) is 49.8 Å². The number of unbranched alkanes of at least 4 members (excludes halogenated alkanes) is 1. The molecule has 1 rings (SSSR count). The van der Waals surface area contributed by atoms with E-state index in [0.717, 1.165) is 24.8 Å². The fourth-order valence-electron chi connectivity index (χ4n) is 1.71. The van der Waals surface area contributed by atoms with E-state index in [9.17, 15) is 0 Å². The Kier molecular flexibility index (Phi) is 4.64. The van der Waals surface area contributed by atoms with Crippen LogP contribution in [0.1, 0.15) is 49.1 Å². The molecule has 0 atom stereocenters. The third-order valence-corrected chi connectivity index (χ3v) is 3.61. The molecule has 2 nitrogen and oxygen atoms in total. The molecule has 0 aliphatic rings. The van der Waals surface area contributed by atoms with Crippen molar-refractivity contribution in [1.29, 1.82) is 5.26 Å². The third-order valence-electron chi connectivity index (χ3n) is 2.49. The second kappa shape index (κ2) is 5.77. The van der Waals surface area contributed by atoms with Crippen LogP contribution in [0.25, 0.3) is 0 Å². The molecule has 1 aromatic rings. The first kappa shape index (κ1) is 12.1. The molecule has 0 spiro atoms. The molecule has 0 unspecified atom stereocenters. The van der Waals surface area contributed by atoms with Gasteiger partial charge in [0.1, 0.15) is 11.1 Å². The Morgan fingerprint density at radius 1 is 1.27 bits per heavy atom. The van der Waals surface area contributed by atoms with Crippen molar-refractivity contribution in [3.63, 3.8) is 0 Å². The molecule has 0 bridgehead atoms. The number of hydrogen-bond donors (Lipinski definition) is 1. The zero-order chi connectivity index (χ0) is 11.3. The molecule has 0 aliphatic carbocycles. The van der Waals surface area contributed by atoms with E-state index in [2.05, 4.69) is 19.9 Å². The van der Waals surface area contributed by atoms with Gasteiger partial charge in [-0.1, -0.05) is 26.7 Å². The molecule has 0 amide bonds. The van der Waals surface area contributed by atoms with Gasteiger partial charge in [0.2, 0.25) is 0 Å². The predicted molar refractivity (Wildman–Crippen MR) is 66.1 cm³/mol. The fraction of sp³-hybridized carbons (Fsp3) is 0.583. The maximum Gasteiger partial charge on any atom is 0.104 e. The van der Waals surface area contributed by atoms with Gasteiger partial charge in [-0.05, 0) is 24.8 Å². The molecule has 1 heterocycles. The van der Waals surface area contributed by atoms with E-state index in [1.54, 1.807) is 11.3 Å². The van der Waals surface area contributed by atoms with Gasteiger partial charge < -0.3 is 5.73 Å². The van der Waals surface area contributed by atoms with Crippen molar-refractivity contribution in [3.8, 4) is 6.07 Å². The van der Waals surface area contributed by atoms with E-state index in [0.29, 0.717) is 5.00 Å². The van der Waals surface area contributed by atoms with E-state index in [-0.39, 0.29) is 0 Å². The molecule has 0 radical (unpaired) electrons. The summed E-state index contributed by atoms with van der Waals surface area (Å²) in [6, 6.07) is 2.23. The van der Waals surface area contributed by atoms with Crippen molar-refractivity contribution >= 4 is 16.3 Å². The molecule has 2 N–H and O–H groups in total. The molecule has 1 aromatic heterocycles. The van der Waals surface area contributed by atoms with Crippen molar-refractivity contribution in [1.82, 2.24) is 0 Å². The van der Waals surface area contributed by atoms with Crippen molar-refractivity contribution in [3.05, 3.63) is 16.0 Å². The number of hydrogen-bond acceptors (Lipinski definition) is 3. The molecule has 15 heavy (non-hydrogen) atoms. The fourth-order valence-corrected chi connectivity index (χ4v) is 2.82. The number of nitrogens with zero attached hydrogens (tertiary/aromatic N) is 1. The number of thiophene rings is 1. The van der Waals surface area contributed by atoms with Crippen LogP contribution in [0.2, 0.25) is 0 Å². The van der Waals surface area contributed by atoms with Gasteiger partial charge in [-0.25, -0.2) is 0 Å². The average molecular weight is 222 g/mol. The maximum atomic E-state index is 9.04. The van der Waals surface area contributed by atoms with Crippen LogP contribution in [0, 0.1) is 11.3 Å². The quantitative estimate of drug-likeness (QED) is 0.829. The van der Waals surface area contributed by atoms with Gasteiger partial charge in [-0.3, -0.25) is 0 Å². The highest BCUT2D eigenvalue weighted by atomic mass is 32.1. The number of nitriles is 1. The van der Waals surface area contributed by atoms with Crippen LogP contribution >= 0.6 is 11.3 Å². The second-order valence-electron chi connectivity index (χ2n) is 3.71. The van der Waals surface area contributed by atoms with Gasteiger partial charge in [-0.15, -0.1) is 11.3 Å². The van der Waals surface area contributed by atoms with Crippen molar-refractivity contribution < 1.29 is 0 Å². The lowest BCUT2D eigenvalue weighted by Crippen LogP contribution is -1.92. The molecular weight excluding hydrogens is 204 g/mol. The van der Waals surface area contributed by atoms with Gasteiger partial charge in [0, 0.05) is 4.88 Å². The third kappa shape index (κ3) is 2.73. The Morgan fingerprint density at radius 2 is 2.00 bits per heavy atom. The predicted octanol–water partition coefficient (Wildman–Crippen LogP) is 3.50. The van der Waals surface area contributed by atoms with Crippen molar-refractivity contribution in [2.45, 2.75) is 46.0 Å². The molecule has 0 aromatic carbocycles. The van der Waals surface area contributed by atoms with Crippen LogP contribution in [0.4, 0.5) is 5.00 Å². The maximum absolute atomic E-state index is 9.04. The first-order chi connectivity index (χ1) is 7.24. The highest BCUT2D eigenvalue weighted by Crippen LogP contribution is 2.32. The SMILES string of the molecule is CCCCc1sc(N)c(C#N)c1CCC. The second-order valence-corrected chi connectivity index (χ2v) is 4.85. The monoisotopic (exact) mass is 222 g/mol.